The molecule has 6 rings (SSSR count). The summed E-state index contributed by atoms with van der Waals surface area (Å²) in [7, 11) is 1.64. The van der Waals surface area contributed by atoms with Crippen LogP contribution >= 0.6 is 0 Å². The Morgan fingerprint density at radius 3 is 2.14 bits per heavy atom. The lowest BCUT2D eigenvalue weighted by Crippen LogP contribution is -2.66. The maximum absolute atomic E-state index is 14.7. The maximum Gasteiger partial charge on any atom is 0.302 e. The molecule has 44 heavy (non-hydrogen) atoms. The molecule has 0 amide bonds. The topological polar surface area (TPSA) is 69.7 Å². The first-order valence-electron chi connectivity index (χ1n) is 17.1. The summed E-state index contributed by atoms with van der Waals surface area (Å²) in [5.41, 5.74) is 1.11. The van der Waals surface area contributed by atoms with Gasteiger partial charge in [0, 0.05) is 29.2 Å². The van der Waals surface area contributed by atoms with Crippen molar-refractivity contribution in [1.29, 1.82) is 0 Å². The van der Waals surface area contributed by atoms with E-state index in [4.69, 9.17) is 9.47 Å². The fraction of sp³-hybridized carbons (Fsp3) is 0.718. The summed E-state index contributed by atoms with van der Waals surface area (Å²) in [5.74, 6) is 1.52. The summed E-state index contributed by atoms with van der Waals surface area (Å²) in [6, 6.07) is 7.55. The van der Waals surface area contributed by atoms with Crippen molar-refractivity contribution in [3.05, 3.63) is 41.5 Å². The van der Waals surface area contributed by atoms with Crippen molar-refractivity contribution in [3.8, 4) is 5.75 Å². The molecule has 0 unspecified atom stereocenters. The molecule has 4 fully saturated rings. The molecule has 0 spiro atoms. The zero-order valence-electron chi connectivity index (χ0n) is 28.6. The Labute approximate surface area is 264 Å². The third-order valence-corrected chi connectivity index (χ3v) is 14.7. The largest absolute Gasteiger partial charge is 0.497 e. The molecule has 0 bridgehead atoms. The summed E-state index contributed by atoms with van der Waals surface area (Å²) >= 11 is 0. The van der Waals surface area contributed by atoms with E-state index in [1.807, 2.05) is 24.3 Å². The number of benzene rings is 1. The number of methoxy groups -OCH3 is 1. The second-order valence-electron chi connectivity index (χ2n) is 17.3. The van der Waals surface area contributed by atoms with Crippen LogP contribution in [0.1, 0.15) is 124 Å². The van der Waals surface area contributed by atoms with E-state index in [9.17, 15) is 14.4 Å². The molecule has 0 aromatic heterocycles. The average Bonchev–Trinajstić information content (AvgIpc) is 2.96. The molecule has 0 N–H and O–H groups in total. The lowest BCUT2D eigenvalue weighted by atomic mass is 9.33. The van der Waals surface area contributed by atoms with Gasteiger partial charge in [0.15, 0.2) is 11.6 Å². The van der Waals surface area contributed by atoms with E-state index >= 15 is 0 Å². The van der Waals surface area contributed by atoms with Crippen LogP contribution in [0.4, 0.5) is 0 Å². The lowest BCUT2D eigenvalue weighted by Gasteiger charge is -2.70. The molecule has 5 aliphatic rings. The molecule has 0 heterocycles. The van der Waals surface area contributed by atoms with Crippen molar-refractivity contribution in [2.45, 2.75) is 119 Å². The van der Waals surface area contributed by atoms with E-state index in [1.54, 1.807) is 7.11 Å². The Morgan fingerprint density at radius 2 is 1.50 bits per heavy atom. The number of esters is 1. The van der Waals surface area contributed by atoms with Crippen LogP contribution < -0.4 is 4.74 Å². The normalized spacial score (nSPS) is 44.2. The monoisotopic (exact) mass is 602 g/mol. The Kier molecular flexibility index (Phi) is 7.19. The van der Waals surface area contributed by atoms with Gasteiger partial charge in [0.05, 0.1) is 7.11 Å². The summed E-state index contributed by atoms with van der Waals surface area (Å²) in [6.07, 6.45) is 10.6. The number of carbonyl (C=O) groups excluding carboxylic acids is 3. The van der Waals surface area contributed by atoms with Gasteiger partial charge in [-0.25, -0.2) is 0 Å². The number of rotatable bonds is 4. The molecule has 5 nitrogen and oxygen atoms in total. The summed E-state index contributed by atoms with van der Waals surface area (Å²) in [6.45, 7) is 17.9. The first-order valence-corrected chi connectivity index (χ1v) is 17.1. The number of carbonyl (C=O) groups is 3. The molecule has 1 aromatic rings. The number of hydrogen-bond donors (Lipinski definition) is 0. The molecule has 0 aliphatic heterocycles. The third kappa shape index (κ3) is 4.26. The van der Waals surface area contributed by atoms with Gasteiger partial charge < -0.3 is 9.47 Å². The average molecular weight is 603 g/mol. The van der Waals surface area contributed by atoms with Crippen LogP contribution in [-0.2, 0) is 14.3 Å². The van der Waals surface area contributed by atoms with Crippen LogP contribution in [0.15, 0.2) is 35.9 Å². The van der Waals surface area contributed by atoms with Gasteiger partial charge >= 0.3 is 5.97 Å². The van der Waals surface area contributed by atoms with Crippen molar-refractivity contribution < 1.29 is 23.9 Å². The summed E-state index contributed by atoms with van der Waals surface area (Å²) in [4.78, 5) is 40.8. The second kappa shape index (κ2) is 10.0. The minimum atomic E-state index is -0.471. The quantitative estimate of drug-likeness (QED) is 0.254. The van der Waals surface area contributed by atoms with Crippen LogP contribution in [0.3, 0.4) is 0 Å². The van der Waals surface area contributed by atoms with Gasteiger partial charge in [-0.1, -0.05) is 54.0 Å². The number of Topliss-reactive ketones (excluding diaryl/α,β-unsaturated/α-hetero) is 1. The van der Waals surface area contributed by atoms with Gasteiger partial charge in [-0.15, -0.1) is 0 Å². The van der Waals surface area contributed by atoms with Gasteiger partial charge in [0.2, 0.25) is 0 Å². The highest BCUT2D eigenvalue weighted by Crippen LogP contribution is 2.75. The minimum absolute atomic E-state index is 0.0553. The molecule has 5 heteroatoms. The van der Waals surface area contributed by atoms with Crippen molar-refractivity contribution in [3.63, 3.8) is 0 Å². The summed E-state index contributed by atoms with van der Waals surface area (Å²) in [5, 5.41) is 0. The number of hydrogen-bond acceptors (Lipinski definition) is 5. The van der Waals surface area contributed by atoms with Crippen LogP contribution in [0.2, 0.25) is 0 Å². The first-order chi connectivity index (χ1) is 20.4. The molecular formula is C39H54O5. The molecule has 240 valence electrons. The predicted octanol–water partition coefficient (Wildman–Crippen LogP) is 8.79. The molecule has 0 radical (unpaired) electrons. The Morgan fingerprint density at radius 1 is 0.841 bits per heavy atom. The maximum atomic E-state index is 14.7. The smallest absolute Gasteiger partial charge is 0.302 e. The highest BCUT2D eigenvalue weighted by molar-refractivity contribution is 6.00. The number of ether oxygens (including phenoxy) is 2. The molecular weight excluding hydrogens is 548 g/mol. The van der Waals surface area contributed by atoms with Crippen molar-refractivity contribution in [1.82, 2.24) is 0 Å². The van der Waals surface area contributed by atoms with Gasteiger partial charge in [-0.05, 0) is 122 Å². The minimum Gasteiger partial charge on any atom is -0.497 e. The lowest BCUT2D eigenvalue weighted by molar-refractivity contribution is -0.210. The van der Waals surface area contributed by atoms with Crippen molar-refractivity contribution in [2.24, 2.45) is 50.2 Å². The Hall–Kier alpha value is -2.43. The van der Waals surface area contributed by atoms with E-state index in [0.717, 1.165) is 69.1 Å². The van der Waals surface area contributed by atoms with Crippen LogP contribution in [0.25, 0.3) is 0 Å². The van der Waals surface area contributed by atoms with Gasteiger partial charge in [0.25, 0.3) is 0 Å². The highest BCUT2D eigenvalue weighted by atomic mass is 16.5. The number of allylic oxidation sites excluding steroid dienone is 2. The molecule has 5 aliphatic carbocycles. The zero-order chi connectivity index (χ0) is 32.1. The standard InChI is InChI=1S/C39H54O5/c1-24(40)44-31-15-16-37(6)30(34(31,2)3)14-17-39(8)32(37)29(41)22-27-28-23-36(5,19-18-35(28,4)20-21-38(27,39)7)33(42)25-10-12-26(43-9)13-11-25/h10-13,22,28,30-32H,14-21,23H2,1-9H3/t28-,30-,31-,32+,35+,36-,37-,38+,39+/m0/s1. The molecule has 0 saturated heterocycles. The molecule has 1 aromatic carbocycles. The third-order valence-electron chi connectivity index (χ3n) is 14.7. The van der Waals surface area contributed by atoms with Crippen LogP contribution in [0.5, 0.6) is 5.75 Å². The van der Waals surface area contributed by atoms with E-state index in [1.165, 1.54) is 12.5 Å². The van der Waals surface area contributed by atoms with E-state index < -0.39 is 5.41 Å². The van der Waals surface area contributed by atoms with Gasteiger partial charge in [-0.3, -0.25) is 14.4 Å². The van der Waals surface area contributed by atoms with Crippen molar-refractivity contribution >= 4 is 17.5 Å². The zero-order valence-corrected chi connectivity index (χ0v) is 28.6. The summed E-state index contributed by atoms with van der Waals surface area (Å²) < 4.78 is 11.2. The van der Waals surface area contributed by atoms with E-state index in [2.05, 4.69) is 54.5 Å². The highest BCUT2D eigenvalue weighted by Gasteiger charge is 2.70. The van der Waals surface area contributed by atoms with E-state index in [-0.39, 0.29) is 56.8 Å². The first kappa shape index (κ1) is 31.5. The fourth-order valence-corrected chi connectivity index (χ4v) is 11.9. The Bertz CT molecular complexity index is 1410. The van der Waals surface area contributed by atoms with E-state index in [0.29, 0.717) is 11.7 Å². The second-order valence-corrected chi connectivity index (χ2v) is 17.3. The number of fused-ring (bicyclic) bond motifs is 7. The fourth-order valence-electron chi connectivity index (χ4n) is 11.9. The van der Waals surface area contributed by atoms with Gasteiger partial charge in [0.1, 0.15) is 11.9 Å². The Balaban J connectivity index is 1.37. The molecule has 4 saturated carbocycles. The number of ketones is 2. The van der Waals surface area contributed by atoms with Crippen LogP contribution in [-0.4, -0.2) is 30.7 Å². The van der Waals surface area contributed by atoms with Crippen LogP contribution in [0, 0.1) is 50.2 Å². The van der Waals surface area contributed by atoms with Crippen molar-refractivity contribution in [2.75, 3.05) is 7.11 Å². The van der Waals surface area contributed by atoms with Gasteiger partial charge in [-0.2, -0.15) is 0 Å². The molecule has 9 atom stereocenters. The SMILES string of the molecule is COc1ccc(C(=O)[C@@]2(C)CC[C@]3(C)CC[C@]4(C)C(=CC(=O)[C@@H]5[C@@]6(C)CC[C@H](OC(C)=O)C(C)(C)[C@@H]6CC[C@]54C)[C@@H]3C2)cc1. The predicted molar refractivity (Wildman–Crippen MR) is 172 cm³/mol.